The van der Waals surface area contributed by atoms with E-state index in [1.807, 2.05) is 0 Å². The van der Waals surface area contributed by atoms with Crippen LogP contribution in [0, 0.1) is 0 Å². The van der Waals surface area contributed by atoms with Gasteiger partial charge in [-0.25, -0.2) is 0 Å². The molecule has 112 valence electrons. The van der Waals surface area contributed by atoms with Crippen LogP contribution in [0.4, 0.5) is 0 Å². The largest absolute Gasteiger partial charge is 0.400 e. The molecular weight excluding hydrogens is 327 g/mol. The van der Waals surface area contributed by atoms with E-state index in [9.17, 15) is 0 Å². The van der Waals surface area contributed by atoms with Crippen LogP contribution in [-0.2, 0) is 20.4 Å². The first kappa shape index (κ1) is 20.9. The van der Waals surface area contributed by atoms with E-state index in [2.05, 4.69) is 48.6 Å². The van der Waals surface area contributed by atoms with Crippen molar-refractivity contribution in [3.8, 4) is 0 Å². The van der Waals surface area contributed by atoms with Crippen LogP contribution in [0.2, 0.25) is 0 Å². The zero-order chi connectivity index (χ0) is 13.3. The molecule has 0 aromatic heterocycles. The number of aliphatic hydroxyl groups is 1. The van der Waals surface area contributed by atoms with Gasteiger partial charge in [-0.1, -0.05) is 48.6 Å². The van der Waals surface area contributed by atoms with Crippen molar-refractivity contribution in [2.45, 2.75) is 51.4 Å². The fourth-order valence-corrected chi connectivity index (χ4v) is 1.75. The number of hydrogen-bond donors (Lipinski definition) is 1. The first-order valence-electron chi connectivity index (χ1n) is 7.08. The molecule has 0 radical (unpaired) electrons. The van der Waals surface area contributed by atoms with E-state index in [1.165, 1.54) is 51.4 Å². The third-order valence-electron chi connectivity index (χ3n) is 2.75. The van der Waals surface area contributed by atoms with Gasteiger partial charge in [-0.2, -0.15) is 0 Å². The summed E-state index contributed by atoms with van der Waals surface area (Å²) in [5.41, 5.74) is 0. The van der Waals surface area contributed by atoms with E-state index >= 15 is 0 Å². The van der Waals surface area contributed by atoms with Crippen LogP contribution < -0.4 is 0 Å². The summed E-state index contributed by atoms with van der Waals surface area (Å²) >= 11 is 0. The molecule has 1 N–H and O–H groups in total. The van der Waals surface area contributed by atoms with Crippen molar-refractivity contribution in [1.29, 1.82) is 0 Å². The molecule has 2 rings (SSSR count). The average molecular weight is 355 g/mol. The van der Waals surface area contributed by atoms with Crippen molar-refractivity contribution < 1.29 is 25.5 Å². The summed E-state index contributed by atoms with van der Waals surface area (Å²) in [4.78, 5) is 0. The Hall–Kier alpha value is -0.418. The summed E-state index contributed by atoms with van der Waals surface area (Å²) in [6.45, 7) is 0. The van der Waals surface area contributed by atoms with Gasteiger partial charge in [-0.3, -0.25) is 0 Å². The second-order valence-electron chi connectivity index (χ2n) is 4.28. The molecule has 0 aliphatic heterocycles. The molecule has 0 heterocycles. The summed E-state index contributed by atoms with van der Waals surface area (Å²) in [6.07, 6.45) is 28.0. The molecule has 0 fully saturated rings. The standard InChI is InChI=1S/2C8H12.CH4O.Pd/c2*1-2-4-6-8-7-5-3-1;1-2;/h2*1-4H,5-8H2;2H,1H3;. The van der Waals surface area contributed by atoms with E-state index in [4.69, 9.17) is 5.11 Å². The quantitative estimate of drug-likeness (QED) is 0.610. The normalized spacial score (nSPS) is 17.2. The first-order valence-corrected chi connectivity index (χ1v) is 7.08. The molecule has 2 aliphatic carbocycles. The second kappa shape index (κ2) is 19.9. The predicted molar refractivity (Wildman–Crippen MR) is 81.6 cm³/mol. The minimum Gasteiger partial charge on any atom is -0.400 e. The molecule has 19 heavy (non-hydrogen) atoms. The molecule has 0 aromatic carbocycles. The Kier molecular flexibility index (Phi) is 21.9. The molecule has 0 unspecified atom stereocenters. The molecule has 0 spiro atoms. The molecule has 1 nitrogen and oxygen atoms in total. The molecule has 2 aliphatic rings. The number of aliphatic hydroxyl groups excluding tert-OH is 1. The Morgan fingerprint density at radius 1 is 0.526 bits per heavy atom. The fourth-order valence-electron chi connectivity index (χ4n) is 1.75. The number of rotatable bonds is 0. The van der Waals surface area contributed by atoms with Gasteiger partial charge in [0.25, 0.3) is 0 Å². The fraction of sp³-hybridized carbons (Fsp3) is 0.529. The maximum atomic E-state index is 7.00. The van der Waals surface area contributed by atoms with Crippen LogP contribution in [0.1, 0.15) is 51.4 Å². The van der Waals surface area contributed by atoms with Crippen LogP contribution in [0.15, 0.2) is 48.6 Å². The van der Waals surface area contributed by atoms with Crippen molar-refractivity contribution in [2.24, 2.45) is 0 Å². The third-order valence-corrected chi connectivity index (χ3v) is 2.75. The Labute approximate surface area is 132 Å². The maximum Gasteiger partial charge on any atom is 0.0319 e. The summed E-state index contributed by atoms with van der Waals surface area (Å²) in [5, 5.41) is 7.00. The van der Waals surface area contributed by atoms with Crippen LogP contribution >= 0.6 is 0 Å². The topological polar surface area (TPSA) is 20.2 Å². The average Bonchev–Trinajstić information content (AvgIpc) is 2.30. The minimum atomic E-state index is 0. The van der Waals surface area contributed by atoms with Gasteiger partial charge in [0.05, 0.1) is 0 Å². The third kappa shape index (κ3) is 17.6. The molecule has 0 atom stereocenters. The molecule has 0 saturated heterocycles. The van der Waals surface area contributed by atoms with Gasteiger partial charge < -0.3 is 5.11 Å². The van der Waals surface area contributed by atoms with Gasteiger partial charge in [0.2, 0.25) is 0 Å². The Morgan fingerprint density at radius 3 is 0.947 bits per heavy atom. The van der Waals surface area contributed by atoms with E-state index in [0.29, 0.717) is 0 Å². The minimum absolute atomic E-state index is 0. The van der Waals surface area contributed by atoms with Gasteiger partial charge in [0.1, 0.15) is 0 Å². The van der Waals surface area contributed by atoms with Gasteiger partial charge in [0.15, 0.2) is 0 Å². The van der Waals surface area contributed by atoms with Crippen molar-refractivity contribution in [1.82, 2.24) is 0 Å². The molecule has 0 aromatic rings. The first-order chi connectivity index (χ1) is 9.00. The van der Waals surface area contributed by atoms with E-state index in [0.717, 1.165) is 7.11 Å². The van der Waals surface area contributed by atoms with Crippen LogP contribution in [0.25, 0.3) is 0 Å². The summed E-state index contributed by atoms with van der Waals surface area (Å²) in [6, 6.07) is 0. The van der Waals surface area contributed by atoms with Gasteiger partial charge in [-0.05, 0) is 51.4 Å². The Balaban J connectivity index is 0. The van der Waals surface area contributed by atoms with Crippen molar-refractivity contribution >= 4 is 0 Å². The van der Waals surface area contributed by atoms with Gasteiger partial charge in [0, 0.05) is 27.5 Å². The van der Waals surface area contributed by atoms with E-state index in [1.54, 1.807) is 0 Å². The van der Waals surface area contributed by atoms with Crippen LogP contribution in [0.5, 0.6) is 0 Å². The molecule has 0 bridgehead atoms. The second-order valence-corrected chi connectivity index (χ2v) is 4.28. The van der Waals surface area contributed by atoms with Crippen molar-refractivity contribution in [3.63, 3.8) is 0 Å². The number of allylic oxidation sites excluding steroid dienone is 8. The van der Waals surface area contributed by atoms with Crippen molar-refractivity contribution in [3.05, 3.63) is 48.6 Å². The molecule has 0 amide bonds. The Morgan fingerprint density at radius 2 is 0.737 bits per heavy atom. The monoisotopic (exact) mass is 354 g/mol. The predicted octanol–water partition coefficient (Wildman–Crippen LogP) is 4.95. The number of hydrogen-bond acceptors (Lipinski definition) is 1. The van der Waals surface area contributed by atoms with Crippen LogP contribution in [-0.4, -0.2) is 12.2 Å². The van der Waals surface area contributed by atoms with Crippen molar-refractivity contribution in [2.75, 3.05) is 7.11 Å². The summed E-state index contributed by atoms with van der Waals surface area (Å²) in [5.74, 6) is 0. The smallest absolute Gasteiger partial charge is 0.0319 e. The van der Waals surface area contributed by atoms with Crippen LogP contribution in [0.3, 0.4) is 0 Å². The van der Waals surface area contributed by atoms with Gasteiger partial charge >= 0.3 is 0 Å². The Bertz CT molecular complexity index is 208. The maximum absolute atomic E-state index is 7.00. The summed E-state index contributed by atoms with van der Waals surface area (Å²) < 4.78 is 0. The molecular formula is C17H28OPd. The molecule has 2 heteroatoms. The zero-order valence-corrected chi connectivity index (χ0v) is 13.6. The van der Waals surface area contributed by atoms with Gasteiger partial charge in [-0.15, -0.1) is 0 Å². The van der Waals surface area contributed by atoms with E-state index < -0.39 is 0 Å². The zero-order valence-electron chi connectivity index (χ0n) is 12.0. The molecule has 0 saturated carbocycles. The SMILES string of the molecule is C1=CCCCCC=C1.C1=CCCCCC=C1.CO.[Pd]. The summed E-state index contributed by atoms with van der Waals surface area (Å²) in [7, 11) is 1.00. The van der Waals surface area contributed by atoms with E-state index in [-0.39, 0.29) is 20.4 Å².